The number of rotatable bonds is 2. The smallest absolute Gasteiger partial charge is 0.255 e. The first-order chi connectivity index (χ1) is 9.45. The van der Waals surface area contributed by atoms with Crippen molar-refractivity contribution in [1.82, 2.24) is 14.8 Å². The molecule has 2 heterocycles. The van der Waals surface area contributed by atoms with Gasteiger partial charge in [0.1, 0.15) is 5.54 Å². The molecule has 6 heteroatoms. The van der Waals surface area contributed by atoms with E-state index < -0.39 is 5.54 Å². The third-order valence-corrected chi connectivity index (χ3v) is 3.94. The third-order valence-electron chi connectivity index (χ3n) is 3.63. The monoisotopic (exact) mass is 292 g/mol. The predicted molar refractivity (Wildman–Crippen MR) is 76.4 cm³/mol. The molecule has 1 aromatic rings. The molecular weight excluding hydrogens is 276 g/mol. The Morgan fingerprint density at radius 3 is 2.60 bits per heavy atom. The molecule has 1 saturated heterocycles. The van der Waals surface area contributed by atoms with Crippen molar-refractivity contribution in [3.05, 3.63) is 29.0 Å². The van der Waals surface area contributed by atoms with Gasteiger partial charge in [0.2, 0.25) is 0 Å². The van der Waals surface area contributed by atoms with Gasteiger partial charge in [-0.3, -0.25) is 14.7 Å². The average Bonchev–Trinajstić information content (AvgIpc) is 2.47. The van der Waals surface area contributed by atoms with Crippen molar-refractivity contribution in [3.8, 4) is 6.07 Å². The van der Waals surface area contributed by atoms with E-state index in [4.69, 9.17) is 16.9 Å². The lowest BCUT2D eigenvalue weighted by atomic mass is 10.0. The van der Waals surface area contributed by atoms with Gasteiger partial charge in [-0.05, 0) is 19.9 Å². The molecule has 0 N–H and O–H groups in total. The summed E-state index contributed by atoms with van der Waals surface area (Å²) >= 11 is 6.00. The molecule has 0 atom stereocenters. The summed E-state index contributed by atoms with van der Waals surface area (Å²) in [7, 11) is 0. The van der Waals surface area contributed by atoms with Crippen LogP contribution in [0.1, 0.15) is 24.2 Å². The zero-order chi connectivity index (χ0) is 14.8. The van der Waals surface area contributed by atoms with E-state index in [0.717, 1.165) is 0 Å². The molecule has 0 aliphatic carbocycles. The Balaban J connectivity index is 2.03. The average molecular weight is 293 g/mol. The Bertz CT molecular complexity index is 544. The van der Waals surface area contributed by atoms with Crippen molar-refractivity contribution in [2.45, 2.75) is 19.4 Å². The molecule has 1 aliphatic heterocycles. The maximum Gasteiger partial charge on any atom is 0.255 e. The summed E-state index contributed by atoms with van der Waals surface area (Å²) in [6.45, 7) is 6.36. The second kappa shape index (κ2) is 5.78. The molecule has 5 nitrogen and oxygen atoms in total. The van der Waals surface area contributed by atoms with Crippen LogP contribution in [0, 0.1) is 11.3 Å². The van der Waals surface area contributed by atoms with Gasteiger partial charge in [0, 0.05) is 38.6 Å². The first-order valence-corrected chi connectivity index (χ1v) is 6.88. The summed E-state index contributed by atoms with van der Waals surface area (Å²) in [5, 5.41) is 9.51. The van der Waals surface area contributed by atoms with Crippen LogP contribution in [-0.4, -0.2) is 52.4 Å². The maximum atomic E-state index is 12.4. The van der Waals surface area contributed by atoms with Crippen molar-refractivity contribution in [2.75, 3.05) is 26.2 Å². The molecule has 1 aromatic heterocycles. The van der Waals surface area contributed by atoms with Crippen LogP contribution in [0.25, 0.3) is 0 Å². The number of carbonyl (C=O) groups excluding carboxylic acids is 1. The number of nitrogens with zero attached hydrogens (tertiary/aromatic N) is 4. The van der Waals surface area contributed by atoms with E-state index in [0.29, 0.717) is 36.8 Å². The molecule has 1 amide bonds. The number of aromatic nitrogens is 1. The normalized spacial score (nSPS) is 16.8. The van der Waals surface area contributed by atoms with Crippen molar-refractivity contribution in [2.24, 2.45) is 0 Å². The highest BCUT2D eigenvalue weighted by molar-refractivity contribution is 6.33. The molecule has 0 unspecified atom stereocenters. The highest BCUT2D eigenvalue weighted by Crippen LogP contribution is 2.19. The van der Waals surface area contributed by atoms with Gasteiger partial charge in [-0.15, -0.1) is 0 Å². The number of amides is 1. The maximum absolute atomic E-state index is 12.4. The van der Waals surface area contributed by atoms with E-state index in [9.17, 15) is 4.79 Å². The lowest BCUT2D eigenvalue weighted by Gasteiger charge is -2.40. The topological polar surface area (TPSA) is 60.2 Å². The van der Waals surface area contributed by atoms with Crippen LogP contribution in [0.15, 0.2) is 18.5 Å². The predicted octanol–water partition coefficient (Wildman–Crippen LogP) is 1.79. The zero-order valence-electron chi connectivity index (χ0n) is 11.6. The van der Waals surface area contributed by atoms with Gasteiger partial charge < -0.3 is 4.90 Å². The van der Waals surface area contributed by atoms with E-state index in [2.05, 4.69) is 16.0 Å². The highest BCUT2D eigenvalue weighted by Gasteiger charge is 2.31. The fourth-order valence-corrected chi connectivity index (χ4v) is 2.46. The first-order valence-electron chi connectivity index (χ1n) is 6.51. The quantitative estimate of drug-likeness (QED) is 0.834. The van der Waals surface area contributed by atoms with Crippen LogP contribution < -0.4 is 0 Å². The third kappa shape index (κ3) is 2.92. The number of halogens is 1. The molecule has 0 spiro atoms. The SMILES string of the molecule is CC(C)(C#N)N1CCN(C(=O)c2ccncc2Cl)CC1. The Morgan fingerprint density at radius 2 is 2.05 bits per heavy atom. The van der Waals surface area contributed by atoms with Crippen LogP contribution >= 0.6 is 11.6 Å². The lowest BCUT2D eigenvalue weighted by molar-refractivity contribution is 0.0521. The van der Waals surface area contributed by atoms with Crippen molar-refractivity contribution in [1.29, 1.82) is 5.26 Å². The largest absolute Gasteiger partial charge is 0.336 e. The standard InChI is InChI=1S/C14H17ClN4O/c1-14(2,10-16)19-7-5-18(6-8-19)13(20)11-3-4-17-9-12(11)15/h3-4,9H,5-8H2,1-2H3. The zero-order valence-corrected chi connectivity index (χ0v) is 12.4. The minimum Gasteiger partial charge on any atom is -0.336 e. The molecule has 20 heavy (non-hydrogen) atoms. The van der Waals surface area contributed by atoms with Crippen LogP contribution in [0.4, 0.5) is 0 Å². The highest BCUT2D eigenvalue weighted by atomic mass is 35.5. The number of pyridine rings is 1. The molecule has 2 rings (SSSR count). The van der Waals surface area contributed by atoms with Crippen molar-refractivity contribution in [3.63, 3.8) is 0 Å². The molecular formula is C14H17ClN4O. The van der Waals surface area contributed by atoms with E-state index in [1.165, 1.54) is 6.20 Å². The van der Waals surface area contributed by atoms with E-state index in [-0.39, 0.29) is 5.91 Å². The summed E-state index contributed by atoms with van der Waals surface area (Å²) in [6.07, 6.45) is 3.04. The Labute approximate surface area is 123 Å². The van der Waals surface area contributed by atoms with Gasteiger partial charge >= 0.3 is 0 Å². The van der Waals surface area contributed by atoms with Gasteiger partial charge in [0.25, 0.3) is 5.91 Å². The van der Waals surface area contributed by atoms with Gasteiger partial charge in [-0.2, -0.15) is 5.26 Å². The lowest BCUT2D eigenvalue weighted by Crippen LogP contribution is -2.55. The first kappa shape index (κ1) is 14.8. The Hall–Kier alpha value is -1.64. The summed E-state index contributed by atoms with van der Waals surface area (Å²) in [6, 6.07) is 3.92. The molecule has 1 fully saturated rings. The van der Waals surface area contributed by atoms with E-state index in [1.54, 1.807) is 17.2 Å². The molecule has 0 bridgehead atoms. The molecule has 106 valence electrons. The number of hydrogen-bond donors (Lipinski definition) is 0. The number of piperazine rings is 1. The van der Waals surface area contributed by atoms with Crippen molar-refractivity contribution < 1.29 is 4.79 Å². The van der Waals surface area contributed by atoms with Crippen LogP contribution in [0.3, 0.4) is 0 Å². The number of nitriles is 1. The Morgan fingerprint density at radius 1 is 1.40 bits per heavy atom. The van der Waals surface area contributed by atoms with Crippen LogP contribution in [0.5, 0.6) is 0 Å². The van der Waals surface area contributed by atoms with Gasteiger partial charge in [0.05, 0.1) is 16.7 Å². The van der Waals surface area contributed by atoms with E-state index >= 15 is 0 Å². The number of carbonyl (C=O) groups is 1. The fourth-order valence-electron chi connectivity index (χ4n) is 2.26. The second-order valence-electron chi connectivity index (χ2n) is 5.31. The summed E-state index contributed by atoms with van der Waals surface area (Å²) in [4.78, 5) is 20.1. The molecule has 1 aliphatic rings. The van der Waals surface area contributed by atoms with Gasteiger partial charge in [0.15, 0.2) is 0 Å². The minimum atomic E-state index is -0.497. The Kier molecular flexibility index (Phi) is 4.26. The van der Waals surface area contributed by atoms with Gasteiger partial charge in [-0.25, -0.2) is 0 Å². The summed E-state index contributed by atoms with van der Waals surface area (Å²) < 4.78 is 0. The molecule has 0 saturated carbocycles. The minimum absolute atomic E-state index is 0.0770. The van der Waals surface area contributed by atoms with Crippen LogP contribution in [-0.2, 0) is 0 Å². The second-order valence-corrected chi connectivity index (χ2v) is 5.71. The van der Waals surface area contributed by atoms with E-state index in [1.807, 2.05) is 13.8 Å². The summed E-state index contributed by atoms with van der Waals surface area (Å²) in [5.41, 5.74) is -0.0154. The van der Waals surface area contributed by atoms with Crippen molar-refractivity contribution >= 4 is 17.5 Å². The fraction of sp³-hybridized carbons (Fsp3) is 0.500. The molecule has 0 aromatic carbocycles. The molecule has 0 radical (unpaired) electrons. The van der Waals surface area contributed by atoms with Gasteiger partial charge in [-0.1, -0.05) is 11.6 Å². The summed E-state index contributed by atoms with van der Waals surface area (Å²) in [5.74, 6) is -0.0770. The number of hydrogen-bond acceptors (Lipinski definition) is 4. The van der Waals surface area contributed by atoms with Crippen LogP contribution in [0.2, 0.25) is 5.02 Å².